The smallest absolute Gasteiger partial charge is 0.350 e. The number of urea groups is 1. The topological polar surface area (TPSA) is 248 Å². The fourth-order valence-corrected chi connectivity index (χ4v) is 7.30. The van der Waals surface area contributed by atoms with Crippen molar-refractivity contribution in [2.75, 3.05) is 26.2 Å². The number of benzene rings is 2. The van der Waals surface area contributed by atoms with Gasteiger partial charge in [0.15, 0.2) is 23.1 Å². The summed E-state index contributed by atoms with van der Waals surface area (Å²) in [6, 6.07) is 11.1. The van der Waals surface area contributed by atoms with Crippen LogP contribution < -0.4 is 14.8 Å². The lowest BCUT2D eigenvalue weighted by Crippen LogP contribution is -2.58. The Bertz CT molecular complexity index is 3130. The lowest BCUT2D eigenvalue weighted by atomic mass is 10.1. The van der Waals surface area contributed by atoms with E-state index in [2.05, 4.69) is 50.9 Å². The van der Waals surface area contributed by atoms with Crippen LogP contribution in [-0.4, -0.2) is 118 Å². The quantitative estimate of drug-likeness (QED) is 0.173. The zero-order chi connectivity index (χ0) is 46.6. The first-order valence-corrected chi connectivity index (χ1v) is 20.4. The number of likely N-dealkylation sites (tertiary alicyclic amines) is 1. The van der Waals surface area contributed by atoms with Crippen LogP contribution in [0.1, 0.15) is 47.2 Å². The Morgan fingerprint density at radius 2 is 1.19 bits per heavy atom. The van der Waals surface area contributed by atoms with Crippen LogP contribution in [0.25, 0.3) is 21.8 Å². The SMILES string of the molecule is Fc1cc2c(F)[nH]nc2cc1OC1CNC1.N#Cc1cncc(C2CC=NN2C(=O)N2CC(Oc3cc4n[nH]c(F)c4cc3F)C2)c1.N#Cc1cncc([C@@H]2CC=NN2C(=O)n2ccnc2)c1.S. The molecular formula is C43H36F4N16O4S. The van der Waals surface area contributed by atoms with Crippen molar-refractivity contribution in [3.05, 3.63) is 126 Å². The van der Waals surface area contributed by atoms with Gasteiger partial charge < -0.3 is 19.7 Å². The molecule has 0 bridgehead atoms. The zero-order valence-electron chi connectivity index (χ0n) is 35.2. The Hall–Kier alpha value is -8.42. The number of imidazole rings is 1. The molecule has 3 N–H and O–H groups in total. The molecule has 0 aliphatic carbocycles. The molecule has 0 spiro atoms. The van der Waals surface area contributed by atoms with Crippen molar-refractivity contribution < 1.29 is 36.6 Å². The van der Waals surface area contributed by atoms with E-state index in [0.29, 0.717) is 42.6 Å². The molecule has 25 heteroatoms. The zero-order valence-corrected chi connectivity index (χ0v) is 36.2. The molecule has 20 nitrogen and oxygen atoms in total. The number of pyridine rings is 2. The van der Waals surface area contributed by atoms with E-state index in [4.69, 9.17) is 20.0 Å². The third-order valence-electron chi connectivity index (χ3n) is 10.9. The second kappa shape index (κ2) is 20.0. The minimum atomic E-state index is -0.711. The van der Waals surface area contributed by atoms with E-state index >= 15 is 0 Å². The number of carbonyl (C=O) groups excluding carboxylic acids is 2. The van der Waals surface area contributed by atoms with Gasteiger partial charge >= 0.3 is 12.1 Å². The molecule has 2 saturated heterocycles. The highest BCUT2D eigenvalue weighted by Crippen LogP contribution is 2.33. The number of nitrogens with one attached hydrogen (secondary N) is 3. The number of hydrogen-bond donors (Lipinski definition) is 3. The minimum absolute atomic E-state index is 0. The number of nitriles is 2. The third-order valence-corrected chi connectivity index (χ3v) is 10.9. The molecule has 2 atom stereocenters. The van der Waals surface area contributed by atoms with E-state index < -0.39 is 29.6 Å². The Morgan fingerprint density at radius 1 is 0.676 bits per heavy atom. The van der Waals surface area contributed by atoms with Crippen molar-refractivity contribution in [1.82, 2.24) is 60.1 Å². The molecule has 2 fully saturated rings. The first kappa shape index (κ1) is 46.1. The summed E-state index contributed by atoms with van der Waals surface area (Å²) in [5.74, 6) is -2.55. The fourth-order valence-electron chi connectivity index (χ4n) is 7.30. The summed E-state index contributed by atoms with van der Waals surface area (Å²) >= 11 is 0. The van der Waals surface area contributed by atoms with E-state index in [1.54, 1.807) is 43.2 Å². The largest absolute Gasteiger partial charge is 0.485 e. The Balaban J connectivity index is 0.000000146. The van der Waals surface area contributed by atoms with Crippen LogP contribution in [0.15, 0.2) is 90.1 Å². The van der Waals surface area contributed by atoms with Crippen molar-refractivity contribution in [2.45, 2.75) is 37.1 Å². The van der Waals surface area contributed by atoms with Crippen LogP contribution >= 0.6 is 13.5 Å². The second-order valence-corrected chi connectivity index (χ2v) is 15.3. The summed E-state index contributed by atoms with van der Waals surface area (Å²) in [5, 5.41) is 44.0. The van der Waals surface area contributed by atoms with Gasteiger partial charge in [-0.05, 0) is 35.4 Å². The van der Waals surface area contributed by atoms with Crippen molar-refractivity contribution in [1.29, 1.82) is 10.5 Å². The summed E-state index contributed by atoms with van der Waals surface area (Å²) in [6.07, 6.45) is 14.7. The van der Waals surface area contributed by atoms with Crippen LogP contribution in [0, 0.1) is 46.2 Å². The number of hydrogen-bond acceptors (Lipinski definition) is 14. The number of carbonyl (C=O) groups is 2. The number of hydrazone groups is 2. The maximum Gasteiger partial charge on any atom is 0.350 e. The van der Waals surface area contributed by atoms with Crippen molar-refractivity contribution in [2.24, 2.45) is 10.2 Å². The van der Waals surface area contributed by atoms with Gasteiger partial charge in [0, 0.05) is 87.7 Å². The molecule has 346 valence electrons. The average molecular weight is 949 g/mol. The summed E-state index contributed by atoms with van der Waals surface area (Å²) < 4.78 is 66.7. The molecule has 7 aromatic rings. The maximum absolute atomic E-state index is 14.2. The normalized spacial score (nSPS) is 17.2. The molecule has 0 radical (unpaired) electrons. The molecule has 4 aliphatic heterocycles. The van der Waals surface area contributed by atoms with Gasteiger partial charge in [0.05, 0.1) is 58.1 Å². The number of H-pyrrole nitrogens is 2. The van der Waals surface area contributed by atoms with Crippen LogP contribution in [0.2, 0.25) is 0 Å². The lowest BCUT2D eigenvalue weighted by Gasteiger charge is -2.41. The van der Waals surface area contributed by atoms with Gasteiger partial charge in [-0.15, -0.1) is 0 Å². The monoisotopic (exact) mass is 948 g/mol. The molecule has 2 aromatic carbocycles. The predicted molar refractivity (Wildman–Crippen MR) is 237 cm³/mol. The van der Waals surface area contributed by atoms with E-state index in [0.717, 1.165) is 23.3 Å². The molecule has 1 unspecified atom stereocenters. The molecule has 11 rings (SSSR count). The number of aromatic nitrogens is 8. The number of aromatic amines is 2. The summed E-state index contributed by atoms with van der Waals surface area (Å²) in [5.41, 5.74) is 2.99. The van der Waals surface area contributed by atoms with Gasteiger partial charge in [-0.1, -0.05) is 0 Å². The number of amides is 3. The van der Waals surface area contributed by atoms with Crippen LogP contribution in [0.3, 0.4) is 0 Å². The number of rotatable bonds is 6. The summed E-state index contributed by atoms with van der Waals surface area (Å²) in [7, 11) is 0. The summed E-state index contributed by atoms with van der Waals surface area (Å²) in [6.45, 7) is 1.90. The highest BCUT2D eigenvalue weighted by Gasteiger charge is 2.39. The molecule has 3 amide bonds. The number of ether oxygens (including phenoxy) is 2. The molecule has 9 heterocycles. The standard InChI is InChI=1S/C20H15F2N7O2.C13H10N6O.C10H9F2N3O.H2S/c21-15-4-14-16(26-27-19(14)22)5-18(15)31-13-9-28(10-13)20(30)29-17(1-2-25-29)12-3-11(6-23)7-24-8-12;14-6-10-5-11(8-16-7-10)12-1-2-17-19(12)13(20)18-4-3-15-9-18;11-7-1-6-8(14-15-10(6)12)2-9(7)16-5-3-13-4-5;/h2-5,7-8,13,17H,1,9-10H2,(H,26,27);2-5,7-9,12H,1H2;1-2,5,13H,3-4H2,(H,14,15);1H2/t;12-;;/m.0../s1. The van der Waals surface area contributed by atoms with E-state index in [1.807, 2.05) is 12.1 Å². The Labute approximate surface area is 388 Å². The maximum atomic E-state index is 14.2. The number of halogens is 4. The van der Waals surface area contributed by atoms with Gasteiger partial charge in [-0.2, -0.15) is 53.2 Å². The Kier molecular flexibility index (Phi) is 13.6. The number of nitrogens with zero attached hydrogens (tertiary/aromatic N) is 13. The van der Waals surface area contributed by atoms with Gasteiger partial charge in [-0.25, -0.2) is 33.4 Å². The Morgan fingerprint density at radius 3 is 1.66 bits per heavy atom. The summed E-state index contributed by atoms with van der Waals surface area (Å²) in [4.78, 5) is 38.6. The first-order chi connectivity index (χ1) is 32.6. The lowest BCUT2D eigenvalue weighted by molar-refractivity contribution is 0.0258. The van der Waals surface area contributed by atoms with E-state index in [9.17, 15) is 27.2 Å². The van der Waals surface area contributed by atoms with Crippen molar-refractivity contribution in [3.63, 3.8) is 0 Å². The van der Waals surface area contributed by atoms with Gasteiger partial charge in [0.25, 0.3) is 0 Å². The average Bonchev–Trinajstić information content (AvgIpc) is 4.19. The van der Waals surface area contributed by atoms with Crippen LogP contribution in [0.5, 0.6) is 11.5 Å². The molecule has 0 saturated carbocycles. The molecule has 5 aromatic heterocycles. The highest BCUT2D eigenvalue weighted by molar-refractivity contribution is 7.59. The van der Waals surface area contributed by atoms with Crippen LogP contribution in [-0.2, 0) is 0 Å². The van der Waals surface area contributed by atoms with Gasteiger partial charge in [-0.3, -0.25) is 24.7 Å². The van der Waals surface area contributed by atoms with Gasteiger partial charge in [0.2, 0.25) is 11.9 Å². The third kappa shape index (κ3) is 9.60. The van der Waals surface area contributed by atoms with Crippen LogP contribution in [0.4, 0.5) is 27.2 Å². The molecular weight excluding hydrogens is 913 g/mol. The fraction of sp³-hybridized carbons (Fsp3) is 0.233. The van der Waals surface area contributed by atoms with E-state index in [-0.39, 0.29) is 84.6 Å². The molecule has 68 heavy (non-hydrogen) atoms. The number of fused-ring (bicyclic) bond motifs is 2. The van der Waals surface area contributed by atoms with Gasteiger partial charge in [0.1, 0.15) is 30.7 Å². The predicted octanol–water partition coefficient (Wildman–Crippen LogP) is 5.58. The highest BCUT2D eigenvalue weighted by atomic mass is 32.1. The first-order valence-electron chi connectivity index (χ1n) is 20.4. The minimum Gasteiger partial charge on any atom is -0.485 e. The van der Waals surface area contributed by atoms with Crippen molar-refractivity contribution >= 4 is 59.8 Å². The molecule has 4 aliphatic rings. The van der Waals surface area contributed by atoms with Crippen molar-refractivity contribution in [3.8, 4) is 23.6 Å². The second-order valence-electron chi connectivity index (χ2n) is 15.3. The van der Waals surface area contributed by atoms with E-state index in [1.165, 1.54) is 56.5 Å².